The number of nitrogens with two attached hydrogens (primary N) is 1. The molecule has 3 aromatic heterocycles. The Balaban J connectivity index is 1.80. The molecule has 3 rings (SSSR count). The van der Waals surface area contributed by atoms with Crippen molar-refractivity contribution in [1.82, 2.24) is 14.3 Å². The second-order valence-corrected chi connectivity index (χ2v) is 6.41. The van der Waals surface area contributed by atoms with Gasteiger partial charge in [0, 0.05) is 23.5 Å². The van der Waals surface area contributed by atoms with Crippen molar-refractivity contribution in [2.45, 2.75) is 19.9 Å². The van der Waals surface area contributed by atoms with Gasteiger partial charge in [-0.05, 0) is 35.6 Å². The predicted octanol–water partition coefficient (Wildman–Crippen LogP) is 3.42. The van der Waals surface area contributed by atoms with Gasteiger partial charge in [-0.3, -0.25) is 4.98 Å². The number of rotatable bonds is 5. The molecular weight excluding hydrogens is 302 g/mol. The van der Waals surface area contributed by atoms with Crippen LogP contribution < -0.4 is 11.1 Å². The molecule has 0 amide bonds. The minimum absolute atomic E-state index is 0.544. The van der Waals surface area contributed by atoms with Gasteiger partial charge in [0.05, 0.1) is 12.1 Å². The molecule has 0 aliphatic heterocycles. The molecule has 0 aliphatic rings. The Kier molecular flexibility index (Phi) is 4.12. The predicted molar refractivity (Wildman–Crippen MR) is 88.6 cm³/mol. The number of nitrogen functional groups attached to an aromatic ring is 1. The summed E-state index contributed by atoms with van der Waals surface area (Å²) in [7, 11) is 0. The zero-order valence-electron chi connectivity index (χ0n) is 11.5. The van der Waals surface area contributed by atoms with Crippen LogP contribution in [-0.2, 0) is 13.0 Å². The summed E-state index contributed by atoms with van der Waals surface area (Å²) < 4.78 is 4.25. The Labute approximate surface area is 131 Å². The summed E-state index contributed by atoms with van der Waals surface area (Å²) in [6, 6.07) is 3.87. The van der Waals surface area contributed by atoms with E-state index in [1.165, 1.54) is 16.4 Å². The summed E-state index contributed by atoms with van der Waals surface area (Å²) >= 11 is 3.10. The van der Waals surface area contributed by atoms with E-state index in [0.29, 0.717) is 12.4 Å². The van der Waals surface area contributed by atoms with Gasteiger partial charge < -0.3 is 11.1 Å². The van der Waals surface area contributed by atoms with Crippen molar-refractivity contribution in [3.63, 3.8) is 0 Å². The van der Waals surface area contributed by atoms with E-state index in [-0.39, 0.29) is 0 Å². The van der Waals surface area contributed by atoms with E-state index < -0.39 is 0 Å². The first kappa shape index (κ1) is 14.0. The second kappa shape index (κ2) is 6.19. The molecule has 0 saturated carbocycles. The maximum Gasteiger partial charge on any atom is 0.147 e. The third kappa shape index (κ3) is 3.03. The first-order valence-corrected chi connectivity index (χ1v) is 8.20. The summed E-state index contributed by atoms with van der Waals surface area (Å²) in [5, 5.41) is 5.42. The lowest BCUT2D eigenvalue weighted by Crippen LogP contribution is -1.99. The van der Waals surface area contributed by atoms with Gasteiger partial charge in [-0.1, -0.05) is 6.92 Å². The van der Waals surface area contributed by atoms with Crippen molar-refractivity contribution in [1.29, 1.82) is 0 Å². The van der Waals surface area contributed by atoms with Crippen LogP contribution in [0, 0.1) is 0 Å². The fourth-order valence-corrected chi connectivity index (χ4v) is 3.50. The molecule has 7 heteroatoms. The number of aromatic nitrogens is 3. The molecule has 3 N–H and O–H groups in total. The SMILES string of the molecule is CCc1cnc(CNc2snc(N)c2-c2ccncc2)s1. The topological polar surface area (TPSA) is 76.7 Å². The number of anilines is 2. The molecule has 0 saturated heterocycles. The molecule has 108 valence electrons. The molecule has 0 bridgehead atoms. The molecule has 0 atom stereocenters. The average Bonchev–Trinajstić information content (AvgIpc) is 3.12. The van der Waals surface area contributed by atoms with Crippen molar-refractivity contribution in [3.8, 4) is 11.1 Å². The molecule has 0 aliphatic carbocycles. The van der Waals surface area contributed by atoms with Crippen LogP contribution in [-0.4, -0.2) is 14.3 Å². The van der Waals surface area contributed by atoms with Crippen LogP contribution in [0.4, 0.5) is 10.8 Å². The number of aryl methyl sites for hydroxylation is 1. The van der Waals surface area contributed by atoms with Crippen LogP contribution >= 0.6 is 22.9 Å². The molecule has 0 spiro atoms. The molecular formula is C14H15N5S2. The summed E-state index contributed by atoms with van der Waals surface area (Å²) in [6.45, 7) is 2.82. The van der Waals surface area contributed by atoms with E-state index in [4.69, 9.17) is 5.73 Å². The summed E-state index contributed by atoms with van der Waals surface area (Å²) in [6.07, 6.45) is 6.47. The van der Waals surface area contributed by atoms with E-state index in [1.54, 1.807) is 23.7 Å². The monoisotopic (exact) mass is 317 g/mol. The standard InChI is InChI=1S/C14H15N5S2/c1-2-10-7-17-11(20-10)8-18-14-12(13(15)19-21-14)9-3-5-16-6-4-9/h3-7,18H,2,8H2,1H3,(H2,15,19). The molecule has 0 fully saturated rings. The molecule has 0 aromatic carbocycles. The Morgan fingerprint density at radius 3 is 2.81 bits per heavy atom. The van der Waals surface area contributed by atoms with Crippen molar-refractivity contribution < 1.29 is 0 Å². The largest absolute Gasteiger partial charge is 0.382 e. The highest BCUT2D eigenvalue weighted by Gasteiger charge is 2.13. The minimum Gasteiger partial charge on any atom is -0.382 e. The van der Waals surface area contributed by atoms with Crippen LogP contribution in [0.5, 0.6) is 0 Å². The van der Waals surface area contributed by atoms with Gasteiger partial charge >= 0.3 is 0 Å². The Hall–Kier alpha value is -1.99. The van der Waals surface area contributed by atoms with Gasteiger partial charge in [-0.15, -0.1) is 11.3 Å². The third-order valence-electron chi connectivity index (χ3n) is 3.04. The van der Waals surface area contributed by atoms with Gasteiger partial charge in [-0.2, -0.15) is 4.37 Å². The number of nitrogens with zero attached hydrogens (tertiary/aromatic N) is 3. The Morgan fingerprint density at radius 1 is 1.29 bits per heavy atom. The normalized spacial score (nSPS) is 10.7. The number of hydrogen-bond acceptors (Lipinski definition) is 7. The minimum atomic E-state index is 0.544. The molecule has 21 heavy (non-hydrogen) atoms. The third-order valence-corrected chi connectivity index (χ3v) is 5.00. The van der Waals surface area contributed by atoms with E-state index >= 15 is 0 Å². The lowest BCUT2D eigenvalue weighted by atomic mass is 10.1. The van der Waals surface area contributed by atoms with Crippen LogP contribution in [0.1, 0.15) is 16.8 Å². The van der Waals surface area contributed by atoms with E-state index in [2.05, 4.69) is 26.6 Å². The summed E-state index contributed by atoms with van der Waals surface area (Å²) in [5.74, 6) is 0.544. The maximum atomic E-state index is 5.99. The smallest absolute Gasteiger partial charge is 0.147 e. The first-order valence-electron chi connectivity index (χ1n) is 6.61. The van der Waals surface area contributed by atoms with Gasteiger partial charge in [-0.25, -0.2) is 4.98 Å². The van der Waals surface area contributed by atoms with Gasteiger partial charge in [0.2, 0.25) is 0 Å². The van der Waals surface area contributed by atoms with E-state index in [9.17, 15) is 0 Å². The van der Waals surface area contributed by atoms with Crippen LogP contribution in [0.25, 0.3) is 11.1 Å². The molecule has 0 radical (unpaired) electrons. The zero-order valence-corrected chi connectivity index (χ0v) is 13.2. The van der Waals surface area contributed by atoms with Crippen molar-refractivity contribution in [3.05, 3.63) is 40.6 Å². The fraction of sp³-hybridized carbons (Fsp3) is 0.214. The number of thiazole rings is 1. The van der Waals surface area contributed by atoms with Gasteiger partial charge in [0.25, 0.3) is 0 Å². The number of nitrogens with one attached hydrogen (secondary N) is 1. The number of hydrogen-bond donors (Lipinski definition) is 2. The molecule has 0 unspecified atom stereocenters. The Morgan fingerprint density at radius 2 is 2.10 bits per heavy atom. The van der Waals surface area contributed by atoms with Crippen molar-refractivity contribution in [2.24, 2.45) is 0 Å². The van der Waals surface area contributed by atoms with Gasteiger partial charge in [0.15, 0.2) is 0 Å². The average molecular weight is 317 g/mol. The quantitative estimate of drug-likeness (QED) is 0.754. The van der Waals surface area contributed by atoms with Crippen LogP contribution in [0.15, 0.2) is 30.7 Å². The molecule has 3 aromatic rings. The maximum absolute atomic E-state index is 5.99. The fourth-order valence-electron chi connectivity index (χ4n) is 1.97. The highest BCUT2D eigenvalue weighted by Crippen LogP contribution is 2.36. The van der Waals surface area contributed by atoms with E-state index in [0.717, 1.165) is 27.6 Å². The summed E-state index contributed by atoms with van der Waals surface area (Å²) in [5.41, 5.74) is 7.95. The highest BCUT2D eigenvalue weighted by molar-refractivity contribution is 7.12. The first-order chi connectivity index (χ1) is 10.3. The Bertz CT molecular complexity index is 720. The lowest BCUT2D eigenvalue weighted by Gasteiger charge is -2.05. The highest BCUT2D eigenvalue weighted by atomic mass is 32.1. The zero-order chi connectivity index (χ0) is 14.7. The van der Waals surface area contributed by atoms with Gasteiger partial charge in [0.1, 0.15) is 15.8 Å². The van der Waals surface area contributed by atoms with Crippen molar-refractivity contribution in [2.75, 3.05) is 11.1 Å². The second-order valence-electron chi connectivity index (χ2n) is 4.44. The number of pyridine rings is 1. The lowest BCUT2D eigenvalue weighted by molar-refractivity contribution is 1.10. The summed E-state index contributed by atoms with van der Waals surface area (Å²) in [4.78, 5) is 9.74. The van der Waals surface area contributed by atoms with Crippen LogP contribution in [0.3, 0.4) is 0 Å². The van der Waals surface area contributed by atoms with Crippen molar-refractivity contribution >= 4 is 33.7 Å². The molecule has 5 nitrogen and oxygen atoms in total. The van der Waals surface area contributed by atoms with Crippen LogP contribution in [0.2, 0.25) is 0 Å². The molecule has 3 heterocycles. The van der Waals surface area contributed by atoms with E-state index in [1.807, 2.05) is 18.3 Å².